The van der Waals surface area contributed by atoms with Crippen molar-refractivity contribution >= 4 is 34.2 Å². The summed E-state index contributed by atoms with van der Waals surface area (Å²) in [4.78, 5) is 0. The molecule has 0 bridgehead atoms. The minimum absolute atomic E-state index is 0.672. The maximum atomic E-state index is 6.33. The van der Waals surface area contributed by atoms with Crippen molar-refractivity contribution in [2.45, 2.75) is 66.2 Å². The van der Waals surface area contributed by atoms with E-state index in [1.807, 2.05) is 13.8 Å². The first kappa shape index (κ1) is 21.7. The molecule has 0 rings (SSSR count). The van der Waals surface area contributed by atoms with Crippen molar-refractivity contribution in [2.75, 3.05) is 13.2 Å². The van der Waals surface area contributed by atoms with Crippen LogP contribution in [0.5, 0.6) is 0 Å². The van der Waals surface area contributed by atoms with Crippen LogP contribution >= 0.6 is 0 Å². The van der Waals surface area contributed by atoms with Gasteiger partial charge in [-0.1, -0.05) is 0 Å². The maximum Gasteiger partial charge on any atom is 0.322 e. The molecule has 5 nitrogen and oxygen atoms in total. The average molecular weight is 371 g/mol. The van der Waals surface area contributed by atoms with Crippen LogP contribution in [0.2, 0.25) is 52.4 Å². The first-order chi connectivity index (χ1) is 9.24. The molecule has 0 saturated carbocycles. The molecule has 0 amide bonds. The summed E-state index contributed by atoms with van der Waals surface area (Å²) in [6, 6.07) is 0. The van der Waals surface area contributed by atoms with Gasteiger partial charge in [-0.3, -0.25) is 0 Å². The highest BCUT2D eigenvalue weighted by Crippen LogP contribution is 2.24. The van der Waals surface area contributed by atoms with Crippen LogP contribution in [0.1, 0.15) is 13.8 Å². The normalized spacial score (nSPS) is 14.6. The SMILES string of the molecule is CCO[Si](C)(C)O[Si](C)(C)O[Si](C)(C)O[Si](C)(C)OCC. The van der Waals surface area contributed by atoms with Crippen LogP contribution in [-0.2, 0) is 21.2 Å². The van der Waals surface area contributed by atoms with Crippen molar-refractivity contribution in [3.05, 3.63) is 0 Å². The van der Waals surface area contributed by atoms with E-state index < -0.39 is 34.2 Å². The molecule has 128 valence electrons. The molecule has 0 spiro atoms. The van der Waals surface area contributed by atoms with Crippen molar-refractivity contribution in [3.8, 4) is 0 Å². The molecule has 0 aromatic carbocycles. The molecule has 0 N–H and O–H groups in total. The molecule has 0 aliphatic heterocycles. The van der Waals surface area contributed by atoms with Crippen LogP contribution in [0.3, 0.4) is 0 Å². The van der Waals surface area contributed by atoms with Crippen LogP contribution in [-0.4, -0.2) is 47.5 Å². The average Bonchev–Trinajstić information content (AvgIpc) is 2.09. The minimum Gasteiger partial charge on any atom is -0.416 e. The third-order valence-electron chi connectivity index (χ3n) is 2.46. The fourth-order valence-corrected chi connectivity index (χ4v) is 19.7. The highest BCUT2D eigenvalue weighted by molar-refractivity contribution is 6.87. The van der Waals surface area contributed by atoms with E-state index in [9.17, 15) is 0 Å². The number of hydrogen-bond acceptors (Lipinski definition) is 5. The summed E-state index contributed by atoms with van der Waals surface area (Å²) >= 11 is 0. The summed E-state index contributed by atoms with van der Waals surface area (Å²) in [6.45, 7) is 21.8. The van der Waals surface area contributed by atoms with Gasteiger partial charge < -0.3 is 21.2 Å². The highest BCUT2D eigenvalue weighted by Gasteiger charge is 2.44. The lowest BCUT2D eigenvalue weighted by molar-refractivity contribution is 0.219. The van der Waals surface area contributed by atoms with Crippen LogP contribution in [0.15, 0.2) is 0 Å². The molecule has 0 saturated heterocycles. The third kappa shape index (κ3) is 10.1. The van der Waals surface area contributed by atoms with Crippen LogP contribution in [0.4, 0.5) is 0 Å². The molecular formula is C12H34O5Si4. The molecule has 0 heterocycles. The Kier molecular flexibility index (Phi) is 8.23. The summed E-state index contributed by atoms with van der Waals surface area (Å²) in [5.74, 6) is 0. The summed E-state index contributed by atoms with van der Waals surface area (Å²) < 4.78 is 30.3. The Labute approximate surface area is 135 Å². The minimum atomic E-state index is -2.29. The Bertz CT molecular complexity index is 291. The lowest BCUT2D eigenvalue weighted by Crippen LogP contribution is -2.57. The molecule has 0 unspecified atom stereocenters. The Balaban J connectivity index is 4.75. The van der Waals surface area contributed by atoms with Crippen molar-refractivity contribution in [2.24, 2.45) is 0 Å². The van der Waals surface area contributed by atoms with Gasteiger partial charge in [-0.05, 0) is 66.2 Å². The van der Waals surface area contributed by atoms with Crippen LogP contribution in [0, 0.1) is 0 Å². The number of rotatable bonds is 10. The molecule has 0 radical (unpaired) electrons. The smallest absolute Gasteiger partial charge is 0.322 e. The standard InChI is InChI=1S/C12H34O5Si4/c1-11-13-18(3,4)15-20(7,8)17-21(9,10)16-19(5,6)14-12-2/h11-12H2,1-10H3. The van der Waals surface area contributed by atoms with Gasteiger partial charge in [0, 0.05) is 13.2 Å². The van der Waals surface area contributed by atoms with Gasteiger partial charge in [0.15, 0.2) is 0 Å². The zero-order valence-electron chi connectivity index (χ0n) is 15.5. The molecule has 0 aromatic heterocycles. The first-order valence-corrected chi connectivity index (χ1v) is 18.9. The predicted molar refractivity (Wildman–Crippen MR) is 96.4 cm³/mol. The Morgan fingerprint density at radius 3 is 0.952 bits per heavy atom. The van der Waals surface area contributed by atoms with E-state index in [-0.39, 0.29) is 0 Å². The van der Waals surface area contributed by atoms with Gasteiger partial charge in [-0.15, -0.1) is 0 Å². The van der Waals surface area contributed by atoms with Crippen molar-refractivity contribution in [1.82, 2.24) is 0 Å². The Morgan fingerprint density at radius 1 is 0.476 bits per heavy atom. The second-order valence-corrected chi connectivity index (χ2v) is 21.0. The zero-order valence-corrected chi connectivity index (χ0v) is 19.5. The van der Waals surface area contributed by atoms with Crippen molar-refractivity contribution in [1.29, 1.82) is 0 Å². The summed E-state index contributed by atoms with van der Waals surface area (Å²) in [5.41, 5.74) is 0. The van der Waals surface area contributed by atoms with Crippen LogP contribution < -0.4 is 0 Å². The predicted octanol–water partition coefficient (Wildman–Crippen LogP) is 3.92. The molecular weight excluding hydrogens is 336 g/mol. The Morgan fingerprint density at radius 2 is 0.714 bits per heavy atom. The first-order valence-electron chi connectivity index (χ1n) is 7.62. The van der Waals surface area contributed by atoms with E-state index in [0.717, 1.165) is 0 Å². The fourth-order valence-electron chi connectivity index (χ4n) is 2.57. The third-order valence-corrected chi connectivity index (χ3v) is 16.2. The topological polar surface area (TPSA) is 46.2 Å². The molecule has 0 aliphatic rings. The second-order valence-electron chi connectivity index (χ2n) is 6.77. The van der Waals surface area contributed by atoms with E-state index in [4.69, 9.17) is 21.2 Å². The molecule has 9 heteroatoms. The van der Waals surface area contributed by atoms with E-state index >= 15 is 0 Å². The lowest BCUT2D eigenvalue weighted by Gasteiger charge is -2.40. The number of hydrogen-bond donors (Lipinski definition) is 0. The largest absolute Gasteiger partial charge is 0.416 e. The van der Waals surface area contributed by atoms with E-state index in [1.54, 1.807) is 0 Å². The van der Waals surface area contributed by atoms with Gasteiger partial charge in [0.2, 0.25) is 0 Å². The van der Waals surface area contributed by atoms with E-state index in [2.05, 4.69) is 52.4 Å². The molecule has 0 aromatic rings. The monoisotopic (exact) mass is 370 g/mol. The van der Waals surface area contributed by atoms with Crippen molar-refractivity contribution < 1.29 is 21.2 Å². The van der Waals surface area contributed by atoms with Crippen molar-refractivity contribution in [3.63, 3.8) is 0 Å². The molecule has 0 atom stereocenters. The van der Waals surface area contributed by atoms with Gasteiger partial charge in [0.1, 0.15) is 0 Å². The quantitative estimate of drug-likeness (QED) is 0.545. The highest BCUT2D eigenvalue weighted by atomic mass is 28.5. The van der Waals surface area contributed by atoms with Gasteiger partial charge in [-0.2, -0.15) is 0 Å². The Hall–Kier alpha value is 0.668. The summed E-state index contributed by atoms with van der Waals surface area (Å²) in [6.07, 6.45) is 0. The van der Waals surface area contributed by atoms with Crippen LogP contribution in [0.25, 0.3) is 0 Å². The van der Waals surface area contributed by atoms with E-state index in [0.29, 0.717) is 13.2 Å². The van der Waals surface area contributed by atoms with Gasteiger partial charge in [-0.25, -0.2) is 0 Å². The zero-order chi connectivity index (χ0) is 16.9. The molecule has 0 fully saturated rings. The summed E-state index contributed by atoms with van der Waals surface area (Å²) in [7, 11) is -8.85. The van der Waals surface area contributed by atoms with Gasteiger partial charge >= 0.3 is 34.2 Å². The second kappa shape index (κ2) is 7.97. The van der Waals surface area contributed by atoms with Gasteiger partial charge in [0.25, 0.3) is 0 Å². The molecule has 0 aliphatic carbocycles. The van der Waals surface area contributed by atoms with Gasteiger partial charge in [0.05, 0.1) is 0 Å². The van der Waals surface area contributed by atoms with E-state index in [1.165, 1.54) is 0 Å². The fraction of sp³-hybridized carbons (Fsp3) is 1.00. The summed E-state index contributed by atoms with van der Waals surface area (Å²) in [5, 5.41) is 0. The maximum absolute atomic E-state index is 6.33. The molecule has 21 heavy (non-hydrogen) atoms. The lowest BCUT2D eigenvalue weighted by atomic mass is 10.9.